The van der Waals surface area contributed by atoms with Crippen molar-refractivity contribution in [2.45, 2.75) is 16.7 Å². The van der Waals surface area contributed by atoms with Gasteiger partial charge in [0, 0.05) is 0 Å². The van der Waals surface area contributed by atoms with Crippen LogP contribution in [-0.4, -0.2) is 29.7 Å². The van der Waals surface area contributed by atoms with Crippen LogP contribution < -0.4 is 0 Å². The van der Waals surface area contributed by atoms with E-state index >= 15 is 0 Å². The molecule has 130 valence electrons. The van der Waals surface area contributed by atoms with Crippen LogP contribution in [0.15, 0.2) is 49.1 Å². The average molecular weight is 480 g/mol. The maximum atomic E-state index is 6.43. The summed E-state index contributed by atoms with van der Waals surface area (Å²) in [4.78, 5) is 4.23. The number of rotatable bonds is 6. The molecule has 1 unspecified atom stereocenters. The molecule has 0 saturated heterocycles. The van der Waals surface area contributed by atoms with Gasteiger partial charge in [-0.15, -0.1) is 0 Å². The maximum absolute atomic E-state index is 6.43. The minimum absolute atomic E-state index is 0.195. The second kappa shape index (κ2) is 8.77. The summed E-state index contributed by atoms with van der Waals surface area (Å²) >= 11 is 25.0. The number of benzene rings is 2. The Kier molecular flexibility index (Phi) is 6.67. The molecule has 0 fully saturated rings. The molecule has 2 aromatic carbocycles. The van der Waals surface area contributed by atoms with E-state index in [0.717, 1.165) is 16.4 Å². The van der Waals surface area contributed by atoms with Crippen LogP contribution in [0.3, 0.4) is 0 Å². The summed E-state index contributed by atoms with van der Waals surface area (Å²) in [5.41, 5.74) is 2.14. The molecule has 0 N–H and O–H groups in total. The molecule has 3 rings (SSSR count). The molecule has 3 aromatic rings. The molecule has 1 atom stereocenters. The van der Waals surface area contributed by atoms with Crippen molar-refractivity contribution in [3.05, 3.63) is 80.3 Å². The van der Waals surface area contributed by atoms with E-state index in [1.54, 1.807) is 18.5 Å². The third-order valence-corrected chi connectivity index (χ3v) is 7.43. The van der Waals surface area contributed by atoms with Crippen molar-refractivity contribution in [2.24, 2.45) is 0 Å². The van der Waals surface area contributed by atoms with Gasteiger partial charge in [0.05, 0.1) is 0 Å². The van der Waals surface area contributed by atoms with Crippen LogP contribution >= 0.6 is 46.4 Å². The van der Waals surface area contributed by atoms with E-state index in [1.807, 2.05) is 28.9 Å². The van der Waals surface area contributed by atoms with Gasteiger partial charge in [-0.25, -0.2) is 0 Å². The quantitative estimate of drug-likeness (QED) is 0.435. The summed E-state index contributed by atoms with van der Waals surface area (Å²) in [6.07, 6.45) is 3.24. The van der Waals surface area contributed by atoms with Crippen molar-refractivity contribution < 1.29 is 0 Å². The van der Waals surface area contributed by atoms with Gasteiger partial charge in [0.15, 0.2) is 0 Å². The number of hydrogen-bond donors (Lipinski definition) is 0. The van der Waals surface area contributed by atoms with Gasteiger partial charge >= 0.3 is 173 Å². The second-order valence-electron chi connectivity index (χ2n) is 5.32. The van der Waals surface area contributed by atoms with Crippen LogP contribution in [-0.2, 0) is 11.9 Å². The molecule has 1 heterocycles. The van der Waals surface area contributed by atoms with Gasteiger partial charge in [0.1, 0.15) is 0 Å². The zero-order valence-electron chi connectivity index (χ0n) is 12.9. The molecule has 8 heteroatoms. The average Bonchev–Trinajstić information content (AvgIpc) is 3.06. The molecule has 0 aliphatic heterocycles. The fourth-order valence-corrected chi connectivity index (χ4v) is 6.35. The Bertz CT molecular complexity index is 855. The summed E-state index contributed by atoms with van der Waals surface area (Å²) in [5.74, 6) is 0. The summed E-state index contributed by atoms with van der Waals surface area (Å²) in [7, 11) is 0. The summed E-state index contributed by atoms with van der Waals surface area (Å²) in [6, 6.07) is 11.2. The molecular weight excluding hydrogens is 467 g/mol. The van der Waals surface area contributed by atoms with Gasteiger partial charge in [-0.3, -0.25) is 0 Å². The van der Waals surface area contributed by atoms with Gasteiger partial charge in [0.2, 0.25) is 0 Å². The van der Waals surface area contributed by atoms with Crippen molar-refractivity contribution in [1.82, 2.24) is 14.8 Å². The normalized spacial score (nSPS) is 12.3. The van der Waals surface area contributed by atoms with Crippen LogP contribution in [0.5, 0.6) is 0 Å². The summed E-state index contributed by atoms with van der Waals surface area (Å²) < 4.78 is 1.82. The molecule has 1 aromatic heterocycles. The Balaban J connectivity index is 1.83. The number of nitrogens with zero attached hydrogens (tertiary/aromatic N) is 3. The standard InChI is InChI=1S/C17H13Cl4N3Se/c18-12-2-1-11(15(20)5-12)8-25-17(7-24-10-22-9-23-24)14-4-3-13(19)6-16(14)21/h1-6,9-10,17H,7-8H2. The van der Waals surface area contributed by atoms with Crippen LogP contribution in [0.25, 0.3) is 0 Å². The van der Waals surface area contributed by atoms with Crippen molar-refractivity contribution >= 4 is 61.4 Å². The van der Waals surface area contributed by atoms with Crippen LogP contribution in [0.4, 0.5) is 0 Å². The van der Waals surface area contributed by atoms with E-state index in [2.05, 4.69) is 10.1 Å². The van der Waals surface area contributed by atoms with Crippen molar-refractivity contribution in [3.63, 3.8) is 0 Å². The fourth-order valence-electron chi connectivity index (χ4n) is 2.33. The van der Waals surface area contributed by atoms with E-state index in [1.165, 1.54) is 6.33 Å². The third-order valence-electron chi connectivity index (χ3n) is 3.58. The fraction of sp³-hybridized carbons (Fsp3) is 0.176. The zero-order chi connectivity index (χ0) is 17.8. The zero-order valence-corrected chi connectivity index (χ0v) is 17.6. The molecule has 0 bridgehead atoms. The Morgan fingerprint density at radius 1 is 0.960 bits per heavy atom. The molecule has 3 nitrogen and oxygen atoms in total. The SMILES string of the molecule is Clc1ccc(C[Se]C(Cn2cncn2)c2ccc(Cl)cc2Cl)c(Cl)c1. The van der Waals surface area contributed by atoms with Crippen LogP contribution in [0.2, 0.25) is 20.1 Å². The van der Waals surface area contributed by atoms with Crippen molar-refractivity contribution in [3.8, 4) is 0 Å². The predicted molar refractivity (Wildman–Crippen MR) is 105 cm³/mol. The first kappa shape index (κ1) is 19.0. The van der Waals surface area contributed by atoms with Gasteiger partial charge in [-0.05, 0) is 0 Å². The molecular formula is C17H13Cl4N3Se. The Morgan fingerprint density at radius 3 is 2.32 bits per heavy atom. The first-order chi connectivity index (χ1) is 12.0. The van der Waals surface area contributed by atoms with E-state index in [9.17, 15) is 0 Å². The number of halogens is 4. The van der Waals surface area contributed by atoms with Gasteiger partial charge in [-0.2, -0.15) is 0 Å². The Labute approximate surface area is 172 Å². The molecule has 0 radical (unpaired) electrons. The van der Waals surface area contributed by atoms with Crippen molar-refractivity contribution in [2.75, 3.05) is 0 Å². The van der Waals surface area contributed by atoms with Gasteiger partial charge < -0.3 is 0 Å². The number of aromatic nitrogens is 3. The first-order valence-electron chi connectivity index (χ1n) is 7.36. The van der Waals surface area contributed by atoms with E-state index < -0.39 is 0 Å². The van der Waals surface area contributed by atoms with E-state index in [0.29, 0.717) is 26.6 Å². The Morgan fingerprint density at radius 2 is 1.68 bits per heavy atom. The monoisotopic (exact) mass is 479 g/mol. The molecule has 0 spiro atoms. The summed E-state index contributed by atoms with van der Waals surface area (Å²) in [6.45, 7) is 0.701. The summed E-state index contributed by atoms with van der Waals surface area (Å²) in [5, 5.41) is 7.70. The van der Waals surface area contributed by atoms with Crippen molar-refractivity contribution in [1.29, 1.82) is 0 Å². The molecule has 0 saturated carbocycles. The molecule has 0 aliphatic rings. The topological polar surface area (TPSA) is 30.7 Å². The van der Waals surface area contributed by atoms with Gasteiger partial charge in [-0.1, -0.05) is 0 Å². The van der Waals surface area contributed by atoms with Crippen LogP contribution in [0, 0.1) is 0 Å². The molecule has 25 heavy (non-hydrogen) atoms. The first-order valence-corrected chi connectivity index (χ1v) is 11.1. The van der Waals surface area contributed by atoms with E-state index in [-0.39, 0.29) is 19.8 Å². The molecule has 0 aliphatic carbocycles. The van der Waals surface area contributed by atoms with Gasteiger partial charge in [0.25, 0.3) is 0 Å². The number of hydrogen-bond acceptors (Lipinski definition) is 2. The predicted octanol–water partition coefficient (Wildman–Crippen LogP) is 5.54. The third kappa shape index (κ3) is 5.13. The van der Waals surface area contributed by atoms with Crippen LogP contribution in [0.1, 0.15) is 15.9 Å². The minimum atomic E-state index is 0.195. The second-order valence-corrected chi connectivity index (χ2v) is 9.50. The molecule has 0 amide bonds. The Hall–Kier alpha value is -0.741. The van der Waals surface area contributed by atoms with E-state index in [4.69, 9.17) is 46.4 Å².